The first-order valence-corrected chi connectivity index (χ1v) is 7.82. The largest absolute Gasteiger partial charge is 0.468 e. The van der Waals surface area contributed by atoms with Gasteiger partial charge in [0.05, 0.1) is 13.2 Å². The molecule has 0 saturated carbocycles. The van der Waals surface area contributed by atoms with E-state index in [0.717, 1.165) is 12.1 Å². The molecule has 3 atom stereocenters. The summed E-state index contributed by atoms with van der Waals surface area (Å²) in [7, 11) is 1.36. The highest BCUT2D eigenvalue weighted by molar-refractivity contribution is 5.75. The van der Waals surface area contributed by atoms with Crippen molar-refractivity contribution >= 4 is 5.97 Å². The van der Waals surface area contributed by atoms with Gasteiger partial charge < -0.3 is 9.47 Å². The standard InChI is InChI=1S/C17H23F2NO3/c1-10(2)8-15(17(21)22-3)20-14-6-7-23-16(14)11-4-5-12(18)13(19)9-11/h4-5,9-10,14-16,20H,6-8H2,1-3H3/t14-,15?,16+/m1/s1. The van der Waals surface area contributed by atoms with Crippen LogP contribution in [0.5, 0.6) is 0 Å². The molecule has 1 aromatic rings. The van der Waals surface area contributed by atoms with Crippen molar-refractivity contribution in [1.29, 1.82) is 0 Å². The highest BCUT2D eigenvalue weighted by atomic mass is 19.2. The number of ether oxygens (including phenoxy) is 2. The number of methoxy groups -OCH3 is 1. The molecule has 1 unspecified atom stereocenters. The van der Waals surface area contributed by atoms with E-state index in [-0.39, 0.29) is 12.0 Å². The normalized spacial score (nSPS) is 22.3. The fraction of sp³-hybridized carbons (Fsp3) is 0.588. The third-order valence-corrected chi connectivity index (χ3v) is 3.97. The molecule has 1 N–H and O–H groups in total. The van der Waals surface area contributed by atoms with Crippen LogP contribution >= 0.6 is 0 Å². The molecule has 1 heterocycles. The van der Waals surface area contributed by atoms with E-state index in [1.165, 1.54) is 13.2 Å². The van der Waals surface area contributed by atoms with Gasteiger partial charge in [0.1, 0.15) is 6.04 Å². The van der Waals surface area contributed by atoms with Gasteiger partial charge in [-0.25, -0.2) is 8.78 Å². The summed E-state index contributed by atoms with van der Waals surface area (Å²) in [6.45, 7) is 4.54. The highest BCUT2D eigenvalue weighted by Crippen LogP contribution is 2.30. The molecule has 4 nitrogen and oxygen atoms in total. The lowest BCUT2D eigenvalue weighted by Crippen LogP contribution is -2.45. The maximum atomic E-state index is 13.5. The smallest absolute Gasteiger partial charge is 0.322 e. The van der Waals surface area contributed by atoms with E-state index in [2.05, 4.69) is 5.32 Å². The van der Waals surface area contributed by atoms with E-state index in [4.69, 9.17) is 9.47 Å². The van der Waals surface area contributed by atoms with Crippen molar-refractivity contribution in [3.05, 3.63) is 35.4 Å². The Hall–Kier alpha value is -1.53. The average Bonchev–Trinajstić information content (AvgIpc) is 2.96. The minimum atomic E-state index is -0.900. The van der Waals surface area contributed by atoms with E-state index in [1.807, 2.05) is 13.8 Å². The summed E-state index contributed by atoms with van der Waals surface area (Å²) in [5.41, 5.74) is 0.562. The van der Waals surface area contributed by atoms with E-state index in [0.29, 0.717) is 30.9 Å². The van der Waals surface area contributed by atoms with E-state index in [1.54, 1.807) is 0 Å². The first-order valence-electron chi connectivity index (χ1n) is 7.82. The van der Waals surface area contributed by atoms with Gasteiger partial charge in [0.15, 0.2) is 11.6 Å². The highest BCUT2D eigenvalue weighted by Gasteiger charge is 2.34. The van der Waals surface area contributed by atoms with Crippen LogP contribution in [0.2, 0.25) is 0 Å². The zero-order chi connectivity index (χ0) is 17.0. The number of carbonyl (C=O) groups is 1. The molecule has 1 aromatic carbocycles. The third kappa shape index (κ3) is 4.48. The molecule has 1 saturated heterocycles. The van der Waals surface area contributed by atoms with Crippen LogP contribution in [0.15, 0.2) is 18.2 Å². The monoisotopic (exact) mass is 327 g/mol. The number of benzene rings is 1. The van der Waals surface area contributed by atoms with Crippen molar-refractivity contribution in [2.75, 3.05) is 13.7 Å². The van der Waals surface area contributed by atoms with Crippen molar-refractivity contribution < 1.29 is 23.0 Å². The van der Waals surface area contributed by atoms with Crippen LogP contribution in [0.3, 0.4) is 0 Å². The Morgan fingerprint density at radius 3 is 2.74 bits per heavy atom. The lowest BCUT2D eigenvalue weighted by Gasteiger charge is -2.26. The zero-order valence-corrected chi connectivity index (χ0v) is 13.6. The summed E-state index contributed by atoms with van der Waals surface area (Å²) in [6, 6.07) is 3.16. The van der Waals surface area contributed by atoms with E-state index >= 15 is 0 Å². The molecule has 23 heavy (non-hydrogen) atoms. The average molecular weight is 327 g/mol. The first-order chi connectivity index (χ1) is 10.9. The van der Waals surface area contributed by atoms with Crippen molar-refractivity contribution in [1.82, 2.24) is 5.32 Å². The van der Waals surface area contributed by atoms with Crippen LogP contribution in [0.1, 0.15) is 38.4 Å². The summed E-state index contributed by atoms with van der Waals surface area (Å²) in [5, 5.41) is 3.26. The van der Waals surface area contributed by atoms with Gasteiger partial charge >= 0.3 is 5.97 Å². The second kappa shape index (κ2) is 7.84. The second-order valence-corrected chi connectivity index (χ2v) is 6.23. The summed E-state index contributed by atoms with van der Waals surface area (Å²) in [5.74, 6) is -1.79. The number of carbonyl (C=O) groups excluding carboxylic acids is 1. The molecule has 0 aromatic heterocycles. The van der Waals surface area contributed by atoms with Gasteiger partial charge in [-0.1, -0.05) is 19.9 Å². The Labute approximate surface area is 135 Å². The maximum absolute atomic E-state index is 13.5. The number of esters is 1. The van der Waals surface area contributed by atoms with Gasteiger partial charge in [-0.05, 0) is 36.5 Å². The lowest BCUT2D eigenvalue weighted by molar-refractivity contribution is -0.144. The van der Waals surface area contributed by atoms with Crippen molar-refractivity contribution in [3.63, 3.8) is 0 Å². The van der Waals surface area contributed by atoms with Crippen molar-refractivity contribution in [2.45, 2.75) is 44.9 Å². The number of hydrogen-bond acceptors (Lipinski definition) is 4. The van der Waals surface area contributed by atoms with Gasteiger partial charge in [0, 0.05) is 12.6 Å². The molecule has 128 valence electrons. The predicted molar refractivity (Wildman–Crippen MR) is 81.9 cm³/mol. The predicted octanol–water partition coefficient (Wildman–Crippen LogP) is 2.97. The van der Waals surface area contributed by atoms with Gasteiger partial charge in [0.2, 0.25) is 0 Å². The molecule has 1 aliphatic rings. The molecule has 0 bridgehead atoms. The summed E-state index contributed by atoms with van der Waals surface area (Å²) >= 11 is 0. The molecular weight excluding hydrogens is 304 g/mol. The first kappa shape index (κ1) is 17.8. The number of hydrogen-bond donors (Lipinski definition) is 1. The lowest BCUT2D eigenvalue weighted by atomic mass is 9.98. The van der Waals surface area contributed by atoms with Crippen molar-refractivity contribution in [2.24, 2.45) is 5.92 Å². The van der Waals surface area contributed by atoms with Crippen LogP contribution < -0.4 is 5.32 Å². The topological polar surface area (TPSA) is 47.6 Å². The van der Waals surface area contributed by atoms with Crippen LogP contribution in [0.4, 0.5) is 8.78 Å². The Kier molecular flexibility index (Phi) is 6.07. The fourth-order valence-electron chi connectivity index (χ4n) is 2.88. The molecule has 1 aliphatic heterocycles. The van der Waals surface area contributed by atoms with Gasteiger partial charge in [0.25, 0.3) is 0 Å². The SMILES string of the molecule is COC(=O)C(CC(C)C)N[C@@H]1CCO[C@H]1c1ccc(F)c(F)c1. The molecule has 6 heteroatoms. The van der Waals surface area contributed by atoms with Crippen molar-refractivity contribution in [3.8, 4) is 0 Å². The van der Waals surface area contributed by atoms with Crippen LogP contribution in [0, 0.1) is 17.6 Å². The van der Waals surface area contributed by atoms with Gasteiger partial charge in [-0.3, -0.25) is 10.1 Å². The second-order valence-electron chi connectivity index (χ2n) is 6.23. The Balaban J connectivity index is 2.13. The minimum absolute atomic E-state index is 0.150. The molecule has 0 spiro atoms. The van der Waals surface area contributed by atoms with Crippen LogP contribution in [-0.2, 0) is 14.3 Å². The third-order valence-electron chi connectivity index (χ3n) is 3.97. The quantitative estimate of drug-likeness (QED) is 0.816. The molecule has 1 fully saturated rings. The molecular formula is C17H23F2NO3. The summed E-state index contributed by atoms with van der Waals surface area (Å²) < 4.78 is 37.1. The van der Waals surface area contributed by atoms with Crippen LogP contribution in [0.25, 0.3) is 0 Å². The van der Waals surface area contributed by atoms with Crippen LogP contribution in [-0.4, -0.2) is 31.8 Å². The minimum Gasteiger partial charge on any atom is -0.468 e. The molecule has 0 radical (unpaired) electrons. The van der Waals surface area contributed by atoms with Gasteiger partial charge in [-0.15, -0.1) is 0 Å². The maximum Gasteiger partial charge on any atom is 0.322 e. The van der Waals surface area contributed by atoms with E-state index in [9.17, 15) is 13.6 Å². The summed E-state index contributed by atoms with van der Waals surface area (Å²) in [4.78, 5) is 11.9. The van der Waals surface area contributed by atoms with Gasteiger partial charge in [-0.2, -0.15) is 0 Å². The zero-order valence-electron chi connectivity index (χ0n) is 13.6. The Morgan fingerprint density at radius 1 is 1.39 bits per heavy atom. The Morgan fingerprint density at radius 2 is 2.13 bits per heavy atom. The molecule has 0 aliphatic carbocycles. The fourth-order valence-corrected chi connectivity index (χ4v) is 2.88. The summed E-state index contributed by atoms with van der Waals surface area (Å²) in [6.07, 6.45) is 0.910. The molecule has 0 amide bonds. The van der Waals surface area contributed by atoms with E-state index < -0.39 is 23.8 Å². The molecule has 2 rings (SSSR count). The number of halogens is 2. The number of nitrogens with one attached hydrogen (secondary N) is 1. The number of rotatable bonds is 6. The Bertz CT molecular complexity index is 551.